The Morgan fingerprint density at radius 2 is 1.92 bits per heavy atom. The van der Waals surface area contributed by atoms with Crippen LogP contribution in [-0.2, 0) is 16.0 Å². The van der Waals surface area contributed by atoms with Crippen molar-refractivity contribution in [1.29, 1.82) is 0 Å². The highest BCUT2D eigenvalue weighted by Crippen LogP contribution is 2.37. The topological polar surface area (TPSA) is 49.4 Å². The van der Waals surface area contributed by atoms with Gasteiger partial charge in [0.05, 0.1) is 0 Å². The molecule has 0 atom stereocenters. The largest absolute Gasteiger partial charge is 0.326 e. The molecule has 0 bridgehead atoms. The second-order valence-electron chi connectivity index (χ2n) is 6.82. The summed E-state index contributed by atoms with van der Waals surface area (Å²) in [5.41, 5.74) is 2.93. The van der Waals surface area contributed by atoms with E-state index in [1.807, 2.05) is 41.3 Å². The van der Waals surface area contributed by atoms with Crippen molar-refractivity contribution in [2.24, 2.45) is 5.92 Å². The molecule has 5 heteroatoms. The van der Waals surface area contributed by atoms with E-state index in [0.29, 0.717) is 6.42 Å². The van der Waals surface area contributed by atoms with Gasteiger partial charge in [-0.3, -0.25) is 9.59 Å². The number of rotatable bonds is 6. The summed E-state index contributed by atoms with van der Waals surface area (Å²) in [7, 11) is 0. The fourth-order valence-corrected chi connectivity index (χ4v) is 4.11. The molecule has 1 saturated carbocycles. The van der Waals surface area contributed by atoms with Gasteiger partial charge in [-0.2, -0.15) is 0 Å². The lowest BCUT2D eigenvalue weighted by Gasteiger charge is -2.18. The van der Waals surface area contributed by atoms with Gasteiger partial charge in [0.15, 0.2) is 0 Å². The first kappa shape index (κ1) is 17.2. The Hall–Kier alpha value is -2.27. The monoisotopic (exact) mass is 366 g/mol. The minimum Gasteiger partial charge on any atom is -0.326 e. The van der Waals surface area contributed by atoms with Crippen LogP contribution in [0.4, 0.5) is 11.4 Å². The first-order valence-electron chi connectivity index (χ1n) is 9.13. The highest BCUT2D eigenvalue weighted by atomic mass is 32.2. The molecule has 2 amide bonds. The molecule has 0 unspecified atom stereocenters. The van der Waals surface area contributed by atoms with Crippen molar-refractivity contribution in [2.75, 3.05) is 22.5 Å². The van der Waals surface area contributed by atoms with Gasteiger partial charge in [-0.25, -0.2) is 0 Å². The SMILES string of the molecule is O=C(CCSc1ccccc1)Nc1ccc2c(c1)N(C(=O)C1CC1)CC2. The third kappa shape index (κ3) is 3.93. The van der Waals surface area contributed by atoms with Crippen LogP contribution in [0.25, 0.3) is 0 Å². The van der Waals surface area contributed by atoms with Crippen LogP contribution in [0, 0.1) is 5.92 Å². The van der Waals surface area contributed by atoms with E-state index < -0.39 is 0 Å². The Balaban J connectivity index is 1.34. The van der Waals surface area contributed by atoms with E-state index in [1.165, 1.54) is 10.5 Å². The molecular formula is C21H22N2O2S. The van der Waals surface area contributed by atoms with Gasteiger partial charge in [0, 0.05) is 40.9 Å². The average Bonchev–Trinajstić information content (AvgIpc) is 3.42. The summed E-state index contributed by atoms with van der Waals surface area (Å²) in [5, 5.41) is 2.97. The lowest BCUT2D eigenvalue weighted by molar-refractivity contribution is -0.119. The van der Waals surface area contributed by atoms with Gasteiger partial charge in [0.1, 0.15) is 0 Å². The molecule has 1 aliphatic heterocycles. The number of amides is 2. The molecule has 26 heavy (non-hydrogen) atoms. The number of hydrogen-bond acceptors (Lipinski definition) is 3. The smallest absolute Gasteiger partial charge is 0.230 e. The number of carbonyl (C=O) groups is 2. The van der Waals surface area contributed by atoms with Crippen LogP contribution >= 0.6 is 11.8 Å². The quantitative estimate of drug-likeness (QED) is 0.783. The highest BCUT2D eigenvalue weighted by Gasteiger charge is 2.36. The molecule has 1 N–H and O–H groups in total. The van der Waals surface area contributed by atoms with Crippen LogP contribution in [-0.4, -0.2) is 24.1 Å². The van der Waals surface area contributed by atoms with Crippen LogP contribution in [0.15, 0.2) is 53.4 Å². The maximum Gasteiger partial charge on any atom is 0.230 e. The van der Waals surface area contributed by atoms with Crippen LogP contribution in [0.2, 0.25) is 0 Å². The summed E-state index contributed by atoms with van der Waals surface area (Å²) in [6.07, 6.45) is 3.39. The Labute approximate surface area is 158 Å². The van der Waals surface area contributed by atoms with E-state index in [4.69, 9.17) is 0 Å². The van der Waals surface area contributed by atoms with Crippen LogP contribution in [0.1, 0.15) is 24.8 Å². The Morgan fingerprint density at radius 3 is 2.69 bits per heavy atom. The third-order valence-electron chi connectivity index (χ3n) is 4.80. The van der Waals surface area contributed by atoms with E-state index in [1.54, 1.807) is 11.8 Å². The molecule has 0 spiro atoms. The van der Waals surface area contributed by atoms with Crippen molar-refractivity contribution in [1.82, 2.24) is 0 Å². The molecule has 0 aromatic heterocycles. The zero-order valence-corrected chi connectivity index (χ0v) is 15.4. The molecule has 2 aliphatic rings. The van der Waals surface area contributed by atoms with Gasteiger partial charge in [0.2, 0.25) is 11.8 Å². The minimum absolute atomic E-state index is 0.00597. The first-order chi connectivity index (χ1) is 12.7. The lowest BCUT2D eigenvalue weighted by atomic mass is 10.1. The summed E-state index contributed by atoms with van der Waals surface area (Å²) < 4.78 is 0. The number of hydrogen-bond donors (Lipinski definition) is 1. The third-order valence-corrected chi connectivity index (χ3v) is 5.81. The zero-order chi connectivity index (χ0) is 17.9. The van der Waals surface area contributed by atoms with Gasteiger partial charge >= 0.3 is 0 Å². The van der Waals surface area contributed by atoms with Gasteiger partial charge in [0.25, 0.3) is 0 Å². The minimum atomic E-state index is 0.00597. The van der Waals surface area contributed by atoms with Gasteiger partial charge in [-0.1, -0.05) is 24.3 Å². The van der Waals surface area contributed by atoms with Crippen molar-refractivity contribution in [2.45, 2.75) is 30.6 Å². The number of fused-ring (bicyclic) bond motifs is 1. The Kier molecular flexibility index (Phi) is 4.98. The van der Waals surface area contributed by atoms with Crippen molar-refractivity contribution in [3.63, 3.8) is 0 Å². The van der Waals surface area contributed by atoms with E-state index >= 15 is 0 Å². The van der Waals surface area contributed by atoms with E-state index in [2.05, 4.69) is 17.4 Å². The maximum atomic E-state index is 12.4. The Morgan fingerprint density at radius 1 is 1.12 bits per heavy atom. The standard InChI is InChI=1S/C21H22N2O2S/c24-20(11-13-26-18-4-2-1-3-5-18)22-17-9-8-15-10-12-23(19(15)14-17)21(25)16-6-7-16/h1-5,8-9,14,16H,6-7,10-13H2,(H,22,24). The molecule has 1 heterocycles. The van der Waals surface area contributed by atoms with Crippen molar-refractivity contribution in [3.8, 4) is 0 Å². The fraction of sp³-hybridized carbons (Fsp3) is 0.333. The number of anilines is 2. The van der Waals surface area contributed by atoms with Gasteiger partial charge in [-0.05, 0) is 49.1 Å². The van der Waals surface area contributed by atoms with Crippen molar-refractivity contribution >= 4 is 35.0 Å². The highest BCUT2D eigenvalue weighted by molar-refractivity contribution is 7.99. The number of benzene rings is 2. The van der Waals surface area contributed by atoms with E-state index in [0.717, 1.165) is 42.9 Å². The summed E-state index contributed by atoms with van der Waals surface area (Å²) in [5.74, 6) is 1.21. The normalized spacial score (nSPS) is 15.6. The summed E-state index contributed by atoms with van der Waals surface area (Å²) in [6.45, 7) is 0.760. The first-order valence-corrected chi connectivity index (χ1v) is 10.1. The van der Waals surface area contributed by atoms with Crippen molar-refractivity contribution in [3.05, 3.63) is 54.1 Å². The summed E-state index contributed by atoms with van der Waals surface area (Å²) in [4.78, 5) is 27.7. The number of nitrogens with one attached hydrogen (secondary N) is 1. The predicted octanol–water partition coefficient (Wildman–Crippen LogP) is 4.11. The van der Waals surface area contributed by atoms with E-state index in [9.17, 15) is 9.59 Å². The maximum absolute atomic E-state index is 12.4. The van der Waals surface area contributed by atoms with Crippen LogP contribution in [0.3, 0.4) is 0 Å². The number of nitrogens with zero attached hydrogens (tertiary/aromatic N) is 1. The second kappa shape index (κ2) is 7.54. The van der Waals surface area contributed by atoms with Crippen LogP contribution in [0.5, 0.6) is 0 Å². The summed E-state index contributed by atoms with van der Waals surface area (Å²) >= 11 is 1.68. The Bertz CT molecular complexity index is 818. The fourth-order valence-electron chi connectivity index (χ4n) is 3.24. The average molecular weight is 366 g/mol. The van der Waals surface area contributed by atoms with Gasteiger partial charge < -0.3 is 10.2 Å². The number of carbonyl (C=O) groups excluding carboxylic acids is 2. The molecule has 1 aliphatic carbocycles. The second-order valence-corrected chi connectivity index (χ2v) is 7.99. The van der Waals surface area contributed by atoms with Gasteiger partial charge in [-0.15, -0.1) is 11.8 Å². The lowest BCUT2D eigenvalue weighted by Crippen LogP contribution is -2.30. The van der Waals surface area contributed by atoms with E-state index in [-0.39, 0.29) is 17.7 Å². The van der Waals surface area contributed by atoms with Crippen molar-refractivity contribution < 1.29 is 9.59 Å². The molecule has 134 valence electrons. The predicted molar refractivity (Wildman–Crippen MR) is 106 cm³/mol. The van der Waals surface area contributed by atoms with Crippen LogP contribution < -0.4 is 10.2 Å². The molecule has 2 aromatic carbocycles. The molecule has 4 nitrogen and oxygen atoms in total. The molecule has 1 fully saturated rings. The zero-order valence-electron chi connectivity index (χ0n) is 14.6. The molecular weight excluding hydrogens is 344 g/mol. The molecule has 2 aromatic rings. The molecule has 0 saturated heterocycles. The number of thioether (sulfide) groups is 1. The summed E-state index contributed by atoms with van der Waals surface area (Å²) in [6, 6.07) is 16.0. The molecule has 0 radical (unpaired) electrons. The molecule has 4 rings (SSSR count).